The molecule has 124 valence electrons. The van der Waals surface area contributed by atoms with Crippen molar-refractivity contribution < 1.29 is 19.9 Å². The van der Waals surface area contributed by atoms with Gasteiger partial charge >= 0.3 is 5.97 Å². The minimum Gasteiger partial charge on any atom is -0.481 e. The van der Waals surface area contributed by atoms with E-state index in [2.05, 4.69) is 10.5 Å². The molecule has 3 N–H and O–H groups in total. The molecule has 2 rings (SSSR count). The second-order valence-electron chi connectivity index (χ2n) is 5.84. The summed E-state index contributed by atoms with van der Waals surface area (Å²) < 4.78 is 0. The van der Waals surface area contributed by atoms with Gasteiger partial charge in [0, 0.05) is 18.0 Å². The Labute approximate surface area is 135 Å². The van der Waals surface area contributed by atoms with E-state index in [1.807, 2.05) is 0 Å². The van der Waals surface area contributed by atoms with E-state index in [4.69, 9.17) is 10.3 Å². The second kappa shape index (κ2) is 8.31. The summed E-state index contributed by atoms with van der Waals surface area (Å²) in [7, 11) is 0. The highest BCUT2D eigenvalue weighted by atomic mass is 16.4. The summed E-state index contributed by atoms with van der Waals surface area (Å²) in [5, 5.41) is 23.8. The van der Waals surface area contributed by atoms with E-state index in [1.165, 1.54) is 6.42 Å². The molecule has 0 aliphatic heterocycles. The summed E-state index contributed by atoms with van der Waals surface area (Å²) >= 11 is 0. The summed E-state index contributed by atoms with van der Waals surface area (Å²) in [6.07, 6.45) is 5.37. The van der Waals surface area contributed by atoms with E-state index in [1.54, 1.807) is 24.3 Å². The number of carboxylic acids is 1. The highest BCUT2D eigenvalue weighted by Crippen LogP contribution is 2.25. The third-order valence-corrected chi connectivity index (χ3v) is 4.16. The van der Waals surface area contributed by atoms with Crippen LogP contribution in [0.4, 0.5) is 5.69 Å². The Kier molecular flexibility index (Phi) is 6.14. The Balaban J connectivity index is 1.95. The summed E-state index contributed by atoms with van der Waals surface area (Å²) in [5.74, 6) is -0.796. The number of anilines is 1. The molecule has 0 unspecified atom stereocenters. The lowest BCUT2D eigenvalue weighted by atomic mass is 9.88. The van der Waals surface area contributed by atoms with Crippen LogP contribution in [0, 0.1) is 5.92 Å². The molecule has 0 radical (unpaired) electrons. The Morgan fingerprint density at radius 2 is 1.74 bits per heavy atom. The standard InChI is InChI=1S/C17H22N2O4/c20-16(21)11-10-15(19-23)12-6-8-14(9-7-12)18-17(22)13-4-2-1-3-5-13/h6-9,13,23H,1-5,10-11H2,(H,18,22)(H,20,21)/b19-15-. The first kappa shape index (κ1) is 17.0. The molecule has 0 heterocycles. The van der Waals surface area contributed by atoms with Crippen LogP contribution in [0.15, 0.2) is 29.4 Å². The molecule has 0 bridgehead atoms. The van der Waals surface area contributed by atoms with Crippen molar-refractivity contribution >= 4 is 23.3 Å². The number of hydrogen-bond donors (Lipinski definition) is 3. The van der Waals surface area contributed by atoms with Crippen LogP contribution in [-0.2, 0) is 9.59 Å². The van der Waals surface area contributed by atoms with E-state index in [-0.39, 0.29) is 24.7 Å². The molecule has 1 aliphatic carbocycles. The Hall–Kier alpha value is -2.37. The van der Waals surface area contributed by atoms with Crippen molar-refractivity contribution in [2.24, 2.45) is 11.1 Å². The average molecular weight is 318 g/mol. The van der Waals surface area contributed by atoms with Gasteiger partial charge in [0.25, 0.3) is 0 Å². The van der Waals surface area contributed by atoms with Crippen LogP contribution in [0.3, 0.4) is 0 Å². The molecule has 1 fully saturated rings. The van der Waals surface area contributed by atoms with Crippen molar-refractivity contribution in [3.8, 4) is 0 Å². The van der Waals surface area contributed by atoms with E-state index in [0.29, 0.717) is 17.0 Å². The second-order valence-corrected chi connectivity index (χ2v) is 5.84. The molecule has 0 atom stereocenters. The summed E-state index contributed by atoms with van der Waals surface area (Å²) in [4.78, 5) is 22.8. The van der Waals surface area contributed by atoms with E-state index in [0.717, 1.165) is 25.7 Å². The van der Waals surface area contributed by atoms with Gasteiger partial charge in [0.1, 0.15) is 0 Å². The zero-order chi connectivity index (χ0) is 16.7. The number of carboxylic acid groups (broad SMARTS) is 1. The van der Waals surface area contributed by atoms with Gasteiger partial charge < -0.3 is 15.6 Å². The monoisotopic (exact) mass is 318 g/mol. The summed E-state index contributed by atoms with van der Waals surface area (Å²) in [5.41, 5.74) is 1.65. The fraction of sp³-hybridized carbons (Fsp3) is 0.471. The van der Waals surface area contributed by atoms with E-state index >= 15 is 0 Å². The molecule has 6 heteroatoms. The lowest BCUT2D eigenvalue weighted by Crippen LogP contribution is -2.24. The number of aliphatic carboxylic acids is 1. The van der Waals surface area contributed by atoms with Gasteiger partial charge in [-0.05, 0) is 30.5 Å². The van der Waals surface area contributed by atoms with Crippen LogP contribution in [0.2, 0.25) is 0 Å². The van der Waals surface area contributed by atoms with Gasteiger partial charge in [-0.2, -0.15) is 0 Å². The van der Waals surface area contributed by atoms with Gasteiger partial charge in [0.15, 0.2) is 0 Å². The van der Waals surface area contributed by atoms with E-state index in [9.17, 15) is 9.59 Å². The van der Waals surface area contributed by atoms with Crippen molar-refractivity contribution in [3.63, 3.8) is 0 Å². The number of amides is 1. The molecule has 0 aromatic heterocycles. The van der Waals surface area contributed by atoms with Crippen LogP contribution in [0.5, 0.6) is 0 Å². The average Bonchev–Trinajstić information content (AvgIpc) is 2.57. The van der Waals surface area contributed by atoms with E-state index < -0.39 is 5.97 Å². The highest BCUT2D eigenvalue weighted by Gasteiger charge is 2.21. The number of hydrogen-bond acceptors (Lipinski definition) is 4. The lowest BCUT2D eigenvalue weighted by Gasteiger charge is -2.20. The Morgan fingerprint density at radius 1 is 1.09 bits per heavy atom. The molecule has 0 spiro atoms. The topological polar surface area (TPSA) is 99.0 Å². The Bertz CT molecular complexity index is 575. The van der Waals surface area contributed by atoms with Gasteiger partial charge in [-0.3, -0.25) is 9.59 Å². The van der Waals surface area contributed by atoms with Gasteiger partial charge in [-0.25, -0.2) is 0 Å². The van der Waals surface area contributed by atoms with Crippen molar-refractivity contribution in [3.05, 3.63) is 29.8 Å². The molecular formula is C17H22N2O4. The molecule has 23 heavy (non-hydrogen) atoms. The number of carbonyl (C=O) groups is 2. The molecule has 1 aliphatic rings. The molecule has 1 aromatic rings. The van der Waals surface area contributed by atoms with Crippen molar-refractivity contribution in [2.45, 2.75) is 44.9 Å². The van der Waals surface area contributed by atoms with Crippen LogP contribution >= 0.6 is 0 Å². The van der Waals surface area contributed by atoms with Crippen molar-refractivity contribution in [2.75, 3.05) is 5.32 Å². The summed E-state index contributed by atoms with van der Waals surface area (Å²) in [6.45, 7) is 0. The van der Waals surface area contributed by atoms with Crippen LogP contribution in [0.1, 0.15) is 50.5 Å². The van der Waals surface area contributed by atoms with Gasteiger partial charge in [-0.15, -0.1) is 0 Å². The maximum Gasteiger partial charge on any atom is 0.303 e. The molecule has 1 amide bonds. The fourth-order valence-electron chi connectivity index (χ4n) is 2.83. The molecule has 6 nitrogen and oxygen atoms in total. The fourth-order valence-corrected chi connectivity index (χ4v) is 2.83. The third kappa shape index (κ3) is 5.09. The maximum absolute atomic E-state index is 12.2. The van der Waals surface area contributed by atoms with Crippen LogP contribution < -0.4 is 5.32 Å². The zero-order valence-corrected chi connectivity index (χ0v) is 13.0. The van der Waals surface area contributed by atoms with Crippen molar-refractivity contribution in [1.82, 2.24) is 0 Å². The third-order valence-electron chi connectivity index (χ3n) is 4.16. The maximum atomic E-state index is 12.2. The number of oxime groups is 1. The number of carbonyl (C=O) groups excluding carboxylic acids is 1. The first-order valence-corrected chi connectivity index (χ1v) is 7.94. The first-order valence-electron chi connectivity index (χ1n) is 7.94. The summed E-state index contributed by atoms with van der Waals surface area (Å²) in [6, 6.07) is 6.91. The predicted molar refractivity (Wildman–Crippen MR) is 86.8 cm³/mol. The van der Waals surface area contributed by atoms with Gasteiger partial charge in [-0.1, -0.05) is 36.6 Å². The van der Waals surface area contributed by atoms with Gasteiger partial charge in [0.05, 0.1) is 12.1 Å². The molecule has 1 aromatic carbocycles. The molecular weight excluding hydrogens is 296 g/mol. The minimum absolute atomic E-state index is 0.0550. The van der Waals surface area contributed by atoms with Gasteiger partial charge in [0.2, 0.25) is 5.91 Å². The largest absolute Gasteiger partial charge is 0.481 e. The smallest absolute Gasteiger partial charge is 0.303 e. The van der Waals surface area contributed by atoms with Crippen molar-refractivity contribution in [1.29, 1.82) is 0 Å². The first-order chi connectivity index (χ1) is 11.1. The number of rotatable bonds is 6. The predicted octanol–water partition coefficient (Wildman–Crippen LogP) is 3.25. The van der Waals surface area contributed by atoms with Crippen LogP contribution in [0.25, 0.3) is 0 Å². The quantitative estimate of drug-likeness (QED) is 0.426. The number of nitrogens with one attached hydrogen (secondary N) is 1. The molecule has 0 saturated heterocycles. The molecule has 1 saturated carbocycles. The normalized spacial score (nSPS) is 16.1. The zero-order valence-electron chi connectivity index (χ0n) is 13.0. The Morgan fingerprint density at radius 3 is 2.30 bits per heavy atom. The SMILES string of the molecule is O=C(O)CC/C(=N/O)c1ccc(NC(=O)C2CCCCC2)cc1. The van der Waals surface area contributed by atoms with Crippen LogP contribution in [-0.4, -0.2) is 27.9 Å². The highest BCUT2D eigenvalue weighted by molar-refractivity contribution is 6.02. The minimum atomic E-state index is -0.942. The number of benzene rings is 1. The lowest BCUT2D eigenvalue weighted by molar-refractivity contribution is -0.136. The number of nitrogens with zero attached hydrogens (tertiary/aromatic N) is 1.